The third kappa shape index (κ3) is 5.07. The third-order valence-corrected chi connectivity index (χ3v) is 11.0. The molecular formula is C47H32N2OS. The minimum absolute atomic E-state index is 0.865. The van der Waals surface area contributed by atoms with Crippen LogP contribution in [0.2, 0.25) is 0 Å². The number of benzene rings is 8. The molecule has 1 aliphatic rings. The second-order valence-electron chi connectivity index (χ2n) is 12.9. The molecule has 0 aliphatic carbocycles. The van der Waals surface area contributed by atoms with E-state index in [4.69, 9.17) is 4.42 Å². The number of furan rings is 1. The van der Waals surface area contributed by atoms with Crippen LogP contribution in [0.3, 0.4) is 0 Å². The van der Waals surface area contributed by atoms with Gasteiger partial charge in [-0.2, -0.15) is 0 Å². The summed E-state index contributed by atoms with van der Waals surface area (Å²) in [5.41, 5.74) is 12.3. The summed E-state index contributed by atoms with van der Waals surface area (Å²) < 4.78 is 6.75. The molecule has 4 heteroatoms. The molecule has 0 radical (unpaired) electrons. The van der Waals surface area contributed by atoms with E-state index in [1.807, 2.05) is 11.8 Å². The van der Waals surface area contributed by atoms with E-state index >= 15 is 0 Å². The van der Waals surface area contributed by atoms with Gasteiger partial charge in [0.15, 0.2) is 0 Å². The normalized spacial score (nSPS) is 12.2. The smallest absolute Gasteiger partial charge is 0.138 e. The van der Waals surface area contributed by atoms with E-state index < -0.39 is 0 Å². The SMILES string of the molecule is c1ccc(N(c2ccccc2)c2ccc3oc4cc(N(c5ccccc5)c5ccc6c(c5)SCc5ccccc5-6)c5ccccc5c4c3c2)cc1. The molecule has 0 spiro atoms. The fourth-order valence-corrected chi connectivity index (χ4v) is 8.70. The van der Waals surface area contributed by atoms with Gasteiger partial charge in [-0.3, -0.25) is 0 Å². The van der Waals surface area contributed by atoms with Crippen LogP contribution in [-0.4, -0.2) is 0 Å². The Morgan fingerprint density at radius 2 is 1.00 bits per heavy atom. The molecule has 0 N–H and O–H groups in total. The van der Waals surface area contributed by atoms with Crippen LogP contribution in [0.25, 0.3) is 43.8 Å². The Morgan fingerprint density at radius 3 is 1.73 bits per heavy atom. The van der Waals surface area contributed by atoms with Gasteiger partial charge in [0, 0.05) is 61.3 Å². The van der Waals surface area contributed by atoms with Crippen molar-refractivity contribution in [1.82, 2.24) is 0 Å². The average molecular weight is 673 g/mol. The monoisotopic (exact) mass is 672 g/mol. The fraction of sp³-hybridized carbons (Fsp3) is 0.0213. The predicted molar refractivity (Wildman–Crippen MR) is 216 cm³/mol. The van der Waals surface area contributed by atoms with Gasteiger partial charge >= 0.3 is 0 Å². The van der Waals surface area contributed by atoms with Crippen molar-refractivity contribution in [2.24, 2.45) is 0 Å². The summed E-state index contributed by atoms with van der Waals surface area (Å²) in [7, 11) is 0. The molecule has 0 bridgehead atoms. The molecule has 10 rings (SSSR count). The first kappa shape index (κ1) is 29.7. The standard InChI is InChI=1S/C47H32N2OS/c1-4-15-33(16-5-1)48(34-17-6-2-7-18-34)36-25-27-44-42(28-36)47-41-23-13-12-22-39(41)43(30-45(47)50-44)49(35-19-8-3-9-20-35)37-24-26-40-38-21-11-10-14-32(38)31-51-46(40)29-37/h1-30H,31H2. The van der Waals surface area contributed by atoms with Crippen LogP contribution in [0.5, 0.6) is 0 Å². The molecule has 9 aromatic rings. The molecule has 3 nitrogen and oxygen atoms in total. The van der Waals surface area contributed by atoms with E-state index in [1.165, 1.54) is 27.0 Å². The molecular weight excluding hydrogens is 641 g/mol. The summed E-state index contributed by atoms with van der Waals surface area (Å²) in [5.74, 6) is 0.972. The van der Waals surface area contributed by atoms with Crippen molar-refractivity contribution < 1.29 is 4.42 Å². The van der Waals surface area contributed by atoms with Crippen molar-refractivity contribution in [1.29, 1.82) is 0 Å². The van der Waals surface area contributed by atoms with E-state index in [1.54, 1.807) is 0 Å². The van der Waals surface area contributed by atoms with Crippen LogP contribution in [0.15, 0.2) is 191 Å². The third-order valence-electron chi connectivity index (χ3n) is 9.90. The van der Waals surface area contributed by atoms with Gasteiger partial charge in [0.25, 0.3) is 0 Å². The molecule has 2 heterocycles. The Morgan fingerprint density at radius 1 is 0.412 bits per heavy atom. The highest BCUT2D eigenvalue weighted by atomic mass is 32.2. The van der Waals surface area contributed by atoms with E-state index in [-0.39, 0.29) is 0 Å². The van der Waals surface area contributed by atoms with Crippen molar-refractivity contribution in [3.63, 3.8) is 0 Å². The Balaban J connectivity index is 1.18. The molecule has 1 aliphatic heterocycles. The van der Waals surface area contributed by atoms with Gasteiger partial charge in [-0.1, -0.05) is 109 Å². The topological polar surface area (TPSA) is 19.6 Å². The maximum absolute atomic E-state index is 6.75. The first-order valence-electron chi connectivity index (χ1n) is 17.3. The minimum atomic E-state index is 0.865. The molecule has 8 aromatic carbocycles. The van der Waals surface area contributed by atoms with Gasteiger partial charge in [0.2, 0.25) is 0 Å². The molecule has 0 saturated carbocycles. The highest BCUT2D eigenvalue weighted by Gasteiger charge is 2.23. The summed E-state index contributed by atoms with van der Waals surface area (Å²) in [4.78, 5) is 5.99. The first-order chi connectivity index (χ1) is 25.3. The molecule has 1 aromatic heterocycles. The van der Waals surface area contributed by atoms with E-state index in [2.05, 4.69) is 192 Å². The Hall–Kier alpha value is -6.23. The maximum Gasteiger partial charge on any atom is 0.138 e. The quantitative estimate of drug-likeness (QED) is 0.175. The summed E-state index contributed by atoms with van der Waals surface area (Å²) >= 11 is 1.91. The molecule has 51 heavy (non-hydrogen) atoms. The minimum Gasteiger partial charge on any atom is -0.456 e. The van der Waals surface area contributed by atoms with Crippen molar-refractivity contribution in [3.8, 4) is 11.1 Å². The molecule has 242 valence electrons. The van der Waals surface area contributed by atoms with Crippen LogP contribution in [0.1, 0.15) is 5.56 Å². The number of fused-ring (bicyclic) bond motifs is 8. The lowest BCUT2D eigenvalue weighted by Gasteiger charge is -2.29. The van der Waals surface area contributed by atoms with Crippen molar-refractivity contribution in [2.45, 2.75) is 10.6 Å². The van der Waals surface area contributed by atoms with Crippen molar-refractivity contribution >= 4 is 78.6 Å². The zero-order valence-electron chi connectivity index (χ0n) is 27.7. The largest absolute Gasteiger partial charge is 0.456 e. The molecule has 0 fully saturated rings. The Labute approximate surface area is 301 Å². The zero-order valence-corrected chi connectivity index (χ0v) is 28.6. The number of para-hydroxylation sites is 3. The Kier molecular flexibility index (Phi) is 7.14. The number of nitrogens with zero attached hydrogens (tertiary/aromatic N) is 2. The zero-order chi connectivity index (χ0) is 33.7. The second-order valence-corrected chi connectivity index (χ2v) is 13.9. The molecule has 0 atom stereocenters. The highest BCUT2D eigenvalue weighted by Crippen LogP contribution is 2.48. The van der Waals surface area contributed by atoms with Crippen molar-refractivity contribution in [2.75, 3.05) is 9.80 Å². The highest BCUT2D eigenvalue weighted by molar-refractivity contribution is 7.98. The first-order valence-corrected chi connectivity index (χ1v) is 18.3. The van der Waals surface area contributed by atoms with E-state index in [0.29, 0.717) is 0 Å². The number of anilines is 6. The van der Waals surface area contributed by atoms with Gasteiger partial charge < -0.3 is 14.2 Å². The van der Waals surface area contributed by atoms with Crippen LogP contribution in [0, 0.1) is 0 Å². The lowest BCUT2D eigenvalue weighted by atomic mass is 9.98. The molecule has 0 unspecified atom stereocenters. The van der Waals surface area contributed by atoms with Crippen LogP contribution in [0.4, 0.5) is 34.1 Å². The summed E-state index contributed by atoms with van der Waals surface area (Å²) in [6.45, 7) is 0. The van der Waals surface area contributed by atoms with E-state index in [9.17, 15) is 0 Å². The lowest BCUT2D eigenvalue weighted by Crippen LogP contribution is -2.11. The van der Waals surface area contributed by atoms with Gasteiger partial charge in [-0.05, 0) is 88.8 Å². The average Bonchev–Trinajstić information content (AvgIpc) is 3.57. The maximum atomic E-state index is 6.75. The summed E-state index contributed by atoms with van der Waals surface area (Å²) in [5, 5.41) is 4.55. The molecule has 0 saturated heterocycles. The number of rotatable bonds is 6. The van der Waals surface area contributed by atoms with Gasteiger partial charge in [0.05, 0.1) is 5.69 Å². The molecule has 0 amide bonds. The van der Waals surface area contributed by atoms with Gasteiger partial charge in [-0.25, -0.2) is 0 Å². The van der Waals surface area contributed by atoms with Crippen molar-refractivity contribution in [3.05, 3.63) is 188 Å². The van der Waals surface area contributed by atoms with E-state index in [0.717, 1.165) is 67.2 Å². The lowest BCUT2D eigenvalue weighted by molar-refractivity contribution is 0.669. The van der Waals surface area contributed by atoms with Gasteiger partial charge in [-0.15, -0.1) is 11.8 Å². The number of thioether (sulfide) groups is 1. The fourth-order valence-electron chi connectivity index (χ4n) is 7.60. The van der Waals surface area contributed by atoms with Gasteiger partial charge in [0.1, 0.15) is 11.2 Å². The summed E-state index contributed by atoms with van der Waals surface area (Å²) in [6, 6.07) is 65.0. The van der Waals surface area contributed by atoms with Crippen LogP contribution >= 0.6 is 11.8 Å². The number of hydrogen-bond donors (Lipinski definition) is 0. The number of hydrogen-bond acceptors (Lipinski definition) is 4. The van der Waals surface area contributed by atoms with Crippen LogP contribution in [-0.2, 0) is 5.75 Å². The second kappa shape index (κ2) is 12.3. The van der Waals surface area contributed by atoms with Crippen LogP contribution < -0.4 is 9.80 Å². The Bertz CT molecular complexity index is 2670. The summed E-state index contributed by atoms with van der Waals surface area (Å²) in [6.07, 6.45) is 0. The predicted octanol–water partition coefficient (Wildman–Crippen LogP) is 14.0.